The minimum absolute atomic E-state index is 0.228. The monoisotopic (exact) mass is 262 g/mol. The zero-order valence-electron chi connectivity index (χ0n) is 10.6. The van der Waals surface area contributed by atoms with Crippen molar-refractivity contribution in [1.82, 2.24) is 14.4 Å². The molecule has 2 heterocycles. The highest BCUT2D eigenvalue weighted by molar-refractivity contribution is 5.65. The Kier molecular flexibility index (Phi) is 3.00. The van der Waals surface area contributed by atoms with E-state index in [4.69, 9.17) is 10.9 Å². The number of aliphatic hydroxyl groups is 1. The van der Waals surface area contributed by atoms with E-state index in [0.717, 1.165) is 31.5 Å². The van der Waals surface area contributed by atoms with E-state index in [-0.39, 0.29) is 12.0 Å². The Hall–Kier alpha value is -1.86. The van der Waals surface area contributed by atoms with Gasteiger partial charge in [-0.1, -0.05) is 0 Å². The van der Waals surface area contributed by atoms with Gasteiger partial charge in [-0.05, 0) is 24.7 Å². The second kappa shape index (κ2) is 4.67. The van der Waals surface area contributed by atoms with Crippen LogP contribution in [-0.2, 0) is 0 Å². The number of hydrazine groups is 1. The predicted molar refractivity (Wildman–Crippen MR) is 72.7 cm³/mol. The number of rotatable bonds is 6. The van der Waals surface area contributed by atoms with E-state index in [9.17, 15) is 0 Å². The van der Waals surface area contributed by atoms with Crippen molar-refractivity contribution in [2.45, 2.75) is 19.3 Å². The summed E-state index contributed by atoms with van der Waals surface area (Å²) in [5, 5.41) is 12.4. The highest BCUT2D eigenvalue weighted by Crippen LogP contribution is 2.48. The van der Waals surface area contributed by atoms with Crippen molar-refractivity contribution in [3.8, 4) is 0 Å². The van der Waals surface area contributed by atoms with Crippen LogP contribution in [0.15, 0.2) is 18.6 Å². The number of hydrogen-bond donors (Lipinski definition) is 4. The maximum absolute atomic E-state index is 9.07. The Balaban J connectivity index is 1.81. The largest absolute Gasteiger partial charge is 0.396 e. The molecule has 7 heteroatoms. The maximum atomic E-state index is 9.07. The average molecular weight is 262 g/mol. The normalized spacial score (nSPS) is 16.5. The third-order valence-electron chi connectivity index (χ3n) is 3.75. The van der Waals surface area contributed by atoms with Gasteiger partial charge in [0.25, 0.3) is 0 Å². The fourth-order valence-electron chi connectivity index (χ4n) is 2.32. The van der Waals surface area contributed by atoms with E-state index in [2.05, 4.69) is 20.7 Å². The summed E-state index contributed by atoms with van der Waals surface area (Å²) in [6.07, 6.45) is 8.50. The SMILES string of the molecule is NNc1cn2ccnc2c(NCC2(CCO)CC2)n1. The molecule has 2 aromatic rings. The van der Waals surface area contributed by atoms with Crippen LogP contribution in [0, 0.1) is 5.41 Å². The van der Waals surface area contributed by atoms with E-state index in [1.165, 1.54) is 0 Å². The molecule has 3 rings (SSSR count). The lowest BCUT2D eigenvalue weighted by atomic mass is 10.0. The van der Waals surface area contributed by atoms with Gasteiger partial charge in [-0.25, -0.2) is 15.8 Å². The number of nitrogen functional groups attached to an aromatic ring is 1. The molecule has 2 aromatic heterocycles. The molecular formula is C12H18N6O. The van der Waals surface area contributed by atoms with Gasteiger partial charge in [0, 0.05) is 25.5 Å². The first-order valence-corrected chi connectivity index (χ1v) is 6.41. The molecule has 0 bridgehead atoms. The topological polar surface area (TPSA) is 100 Å². The van der Waals surface area contributed by atoms with Crippen LogP contribution in [0.25, 0.3) is 5.65 Å². The lowest BCUT2D eigenvalue weighted by molar-refractivity contribution is 0.253. The summed E-state index contributed by atoms with van der Waals surface area (Å²) in [4.78, 5) is 8.67. The van der Waals surface area contributed by atoms with Crippen LogP contribution in [0.1, 0.15) is 19.3 Å². The fourth-order valence-corrected chi connectivity index (χ4v) is 2.32. The summed E-state index contributed by atoms with van der Waals surface area (Å²) in [6.45, 7) is 1.04. The molecule has 1 saturated carbocycles. The van der Waals surface area contributed by atoms with E-state index in [1.807, 2.05) is 10.6 Å². The zero-order chi connectivity index (χ0) is 13.3. The molecule has 1 aliphatic rings. The summed E-state index contributed by atoms with van der Waals surface area (Å²) in [7, 11) is 0. The molecule has 0 aliphatic heterocycles. The van der Waals surface area contributed by atoms with E-state index in [0.29, 0.717) is 11.6 Å². The van der Waals surface area contributed by atoms with Gasteiger partial charge in [0.15, 0.2) is 17.3 Å². The Labute approximate surface area is 110 Å². The number of hydrogen-bond acceptors (Lipinski definition) is 6. The number of nitrogens with zero attached hydrogens (tertiary/aromatic N) is 3. The van der Waals surface area contributed by atoms with Crippen molar-refractivity contribution in [3.63, 3.8) is 0 Å². The highest BCUT2D eigenvalue weighted by atomic mass is 16.3. The molecule has 0 atom stereocenters. The van der Waals surface area contributed by atoms with Crippen LogP contribution in [0.3, 0.4) is 0 Å². The van der Waals surface area contributed by atoms with Crippen molar-refractivity contribution >= 4 is 17.3 Å². The molecule has 102 valence electrons. The lowest BCUT2D eigenvalue weighted by Gasteiger charge is -2.15. The molecule has 1 fully saturated rings. The quantitative estimate of drug-likeness (QED) is 0.449. The summed E-state index contributed by atoms with van der Waals surface area (Å²) in [5.74, 6) is 6.71. The van der Waals surface area contributed by atoms with Crippen molar-refractivity contribution in [1.29, 1.82) is 0 Å². The standard InChI is InChI=1S/C12H18N6O/c13-17-9-7-18-5-4-14-11(18)10(16-9)15-8-12(1-2-12)3-6-19/h4-5,7,17,19H,1-3,6,8,13H2,(H,15,16). The Morgan fingerprint density at radius 1 is 1.47 bits per heavy atom. The van der Waals surface area contributed by atoms with Crippen molar-refractivity contribution in [2.75, 3.05) is 23.9 Å². The fraction of sp³-hybridized carbons (Fsp3) is 0.500. The molecular weight excluding hydrogens is 244 g/mol. The highest BCUT2D eigenvalue weighted by Gasteiger charge is 2.41. The van der Waals surface area contributed by atoms with Gasteiger partial charge < -0.3 is 20.2 Å². The summed E-state index contributed by atoms with van der Waals surface area (Å²) in [5.41, 5.74) is 3.55. The van der Waals surface area contributed by atoms with Crippen LogP contribution < -0.4 is 16.6 Å². The van der Waals surface area contributed by atoms with E-state index in [1.54, 1.807) is 12.4 Å². The van der Waals surface area contributed by atoms with Gasteiger partial charge in [-0.2, -0.15) is 0 Å². The molecule has 1 aliphatic carbocycles. The average Bonchev–Trinajstić information content (AvgIpc) is 3.02. The first-order chi connectivity index (χ1) is 9.26. The molecule has 0 spiro atoms. The Morgan fingerprint density at radius 2 is 2.32 bits per heavy atom. The number of nitrogens with two attached hydrogens (primary N) is 1. The third-order valence-corrected chi connectivity index (χ3v) is 3.75. The zero-order valence-corrected chi connectivity index (χ0v) is 10.6. The Morgan fingerprint density at radius 3 is 3.00 bits per heavy atom. The summed E-state index contributed by atoms with van der Waals surface area (Å²) < 4.78 is 1.87. The second-order valence-electron chi connectivity index (χ2n) is 5.10. The van der Waals surface area contributed by atoms with E-state index >= 15 is 0 Å². The van der Waals surface area contributed by atoms with Gasteiger partial charge in [0.2, 0.25) is 0 Å². The maximum Gasteiger partial charge on any atom is 0.180 e. The van der Waals surface area contributed by atoms with Crippen molar-refractivity contribution in [3.05, 3.63) is 18.6 Å². The predicted octanol–water partition coefficient (Wildman–Crippen LogP) is 0.589. The van der Waals surface area contributed by atoms with Crippen molar-refractivity contribution < 1.29 is 5.11 Å². The molecule has 7 nitrogen and oxygen atoms in total. The number of imidazole rings is 1. The van der Waals surface area contributed by atoms with Crippen LogP contribution >= 0.6 is 0 Å². The van der Waals surface area contributed by atoms with Crippen LogP contribution in [0.4, 0.5) is 11.6 Å². The van der Waals surface area contributed by atoms with Gasteiger partial charge in [0.1, 0.15) is 0 Å². The number of fused-ring (bicyclic) bond motifs is 1. The number of aliphatic hydroxyl groups excluding tert-OH is 1. The summed E-state index contributed by atoms with van der Waals surface area (Å²) in [6, 6.07) is 0. The number of nitrogens with one attached hydrogen (secondary N) is 2. The lowest BCUT2D eigenvalue weighted by Crippen LogP contribution is -2.19. The first-order valence-electron chi connectivity index (χ1n) is 6.41. The molecule has 5 N–H and O–H groups in total. The van der Waals surface area contributed by atoms with Crippen LogP contribution in [-0.4, -0.2) is 32.6 Å². The second-order valence-corrected chi connectivity index (χ2v) is 5.10. The molecule has 0 amide bonds. The minimum Gasteiger partial charge on any atom is -0.396 e. The smallest absolute Gasteiger partial charge is 0.180 e. The minimum atomic E-state index is 0.228. The molecule has 19 heavy (non-hydrogen) atoms. The van der Waals surface area contributed by atoms with E-state index < -0.39 is 0 Å². The summed E-state index contributed by atoms with van der Waals surface area (Å²) >= 11 is 0. The third kappa shape index (κ3) is 2.34. The van der Waals surface area contributed by atoms with Crippen molar-refractivity contribution in [2.24, 2.45) is 11.3 Å². The molecule has 0 unspecified atom stereocenters. The van der Waals surface area contributed by atoms with Gasteiger partial charge >= 0.3 is 0 Å². The van der Waals surface area contributed by atoms with Gasteiger partial charge in [-0.3, -0.25) is 0 Å². The van der Waals surface area contributed by atoms with Gasteiger partial charge in [0.05, 0.1) is 6.20 Å². The first kappa shape index (κ1) is 12.2. The molecule has 0 radical (unpaired) electrons. The molecule has 0 saturated heterocycles. The molecule has 0 aromatic carbocycles. The number of anilines is 2. The van der Waals surface area contributed by atoms with Crippen LogP contribution in [0.5, 0.6) is 0 Å². The van der Waals surface area contributed by atoms with Crippen LogP contribution in [0.2, 0.25) is 0 Å². The Bertz CT molecular complexity index is 577. The van der Waals surface area contributed by atoms with Gasteiger partial charge in [-0.15, -0.1) is 0 Å². The number of aromatic nitrogens is 3.